The fraction of sp³-hybridized carbons (Fsp3) is 0.625. The summed E-state index contributed by atoms with van der Waals surface area (Å²) < 4.78 is 0. The van der Waals surface area contributed by atoms with Crippen molar-refractivity contribution in [3.63, 3.8) is 0 Å². The van der Waals surface area contributed by atoms with Crippen LogP contribution in [-0.2, 0) is 0 Å². The SMILES string of the molecule is CCCCC(CC)CC(CO)c1ccccc1. The zero-order valence-corrected chi connectivity index (χ0v) is 11.2. The van der Waals surface area contributed by atoms with Crippen molar-refractivity contribution in [1.82, 2.24) is 0 Å². The Morgan fingerprint density at radius 1 is 1.12 bits per heavy atom. The fourth-order valence-corrected chi connectivity index (χ4v) is 2.43. The van der Waals surface area contributed by atoms with Crippen LogP contribution < -0.4 is 0 Å². The van der Waals surface area contributed by atoms with Crippen LogP contribution in [0.25, 0.3) is 0 Å². The highest BCUT2D eigenvalue weighted by atomic mass is 16.3. The van der Waals surface area contributed by atoms with Crippen molar-refractivity contribution >= 4 is 0 Å². The Hall–Kier alpha value is -0.820. The summed E-state index contributed by atoms with van der Waals surface area (Å²) in [7, 11) is 0. The lowest BCUT2D eigenvalue weighted by atomic mass is 9.85. The second kappa shape index (κ2) is 8.30. The minimum atomic E-state index is 0.270. The highest BCUT2D eigenvalue weighted by molar-refractivity contribution is 5.19. The van der Waals surface area contributed by atoms with Crippen LogP contribution in [0.3, 0.4) is 0 Å². The summed E-state index contributed by atoms with van der Waals surface area (Å²) in [6.07, 6.45) is 6.23. The summed E-state index contributed by atoms with van der Waals surface area (Å²) in [6.45, 7) is 4.78. The van der Waals surface area contributed by atoms with Crippen LogP contribution in [0.4, 0.5) is 0 Å². The van der Waals surface area contributed by atoms with Crippen LogP contribution in [0.1, 0.15) is 57.4 Å². The van der Waals surface area contributed by atoms with Gasteiger partial charge in [-0.2, -0.15) is 0 Å². The average molecular weight is 234 g/mol. The van der Waals surface area contributed by atoms with E-state index in [0.717, 1.165) is 12.3 Å². The molecule has 0 heterocycles. The van der Waals surface area contributed by atoms with Gasteiger partial charge in [0.05, 0.1) is 0 Å². The Labute approximate surface area is 106 Å². The molecule has 0 amide bonds. The molecule has 17 heavy (non-hydrogen) atoms. The van der Waals surface area contributed by atoms with Gasteiger partial charge in [-0.05, 0) is 17.9 Å². The van der Waals surface area contributed by atoms with E-state index in [4.69, 9.17) is 0 Å². The van der Waals surface area contributed by atoms with Crippen LogP contribution in [-0.4, -0.2) is 11.7 Å². The Morgan fingerprint density at radius 2 is 1.82 bits per heavy atom. The highest BCUT2D eigenvalue weighted by Crippen LogP contribution is 2.28. The molecule has 1 nitrogen and oxygen atoms in total. The first-order valence-electron chi connectivity index (χ1n) is 6.97. The van der Waals surface area contributed by atoms with Crippen LogP contribution >= 0.6 is 0 Å². The van der Waals surface area contributed by atoms with E-state index in [1.54, 1.807) is 0 Å². The molecule has 0 fully saturated rings. The quantitative estimate of drug-likeness (QED) is 0.708. The van der Waals surface area contributed by atoms with E-state index < -0.39 is 0 Å². The normalized spacial score (nSPS) is 14.5. The first-order valence-corrected chi connectivity index (χ1v) is 6.97. The van der Waals surface area contributed by atoms with E-state index in [-0.39, 0.29) is 6.61 Å². The Bertz CT molecular complexity index is 281. The average Bonchev–Trinajstić information content (AvgIpc) is 2.40. The summed E-state index contributed by atoms with van der Waals surface area (Å²) in [5.41, 5.74) is 1.28. The molecule has 0 aliphatic carbocycles. The number of rotatable bonds is 8. The molecule has 0 spiro atoms. The first kappa shape index (κ1) is 14.2. The second-order valence-corrected chi connectivity index (χ2v) is 4.94. The molecule has 0 saturated heterocycles. The zero-order chi connectivity index (χ0) is 12.5. The van der Waals surface area contributed by atoms with Crippen molar-refractivity contribution in [3.05, 3.63) is 35.9 Å². The molecule has 0 aliphatic heterocycles. The first-order chi connectivity index (χ1) is 8.31. The molecule has 1 rings (SSSR count). The predicted molar refractivity (Wildman–Crippen MR) is 74.2 cm³/mol. The third-order valence-electron chi connectivity index (χ3n) is 3.65. The minimum absolute atomic E-state index is 0.270. The van der Waals surface area contributed by atoms with Gasteiger partial charge in [0.15, 0.2) is 0 Å². The van der Waals surface area contributed by atoms with Gasteiger partial charge in [0, 0.05) is 12.5 Å². The van der Waals surface area contributed by atoms with Crippen LogP contribution in [0.5, 0.6) is 0 Å². The molecule has 0 aromatic heterocycles. The van der Waals surface area contributed by atoms with Crippen molar-refractivity contribution < 1.29 is 5.11 Å². The van der Waals surface area contributed by atoms with E-state index in [2.05, 4.69) is 38.1 Å². The third kappa shape index (κ3) is 4.91. The molecule has 1 heteroatoms. The van der Waals surface area contributed by atoms with E-state index in [1.165, 1.54) is 31.2 Å². The molecular formula is C16H26O. The van der Waals surface area contributed by atoms with Gasteiger partial charge in [-0.25, -0.2) is 0 Å². The Balaban J connectivity index is 2.56. The monoisotopic (exact) mass is 234 g/mol. The van der Waals surface area contributed by atoms with E-state index in [9.17, 15) is 5.11 Å². The van der Waals surface area contributed by atoms with Gasteiger partial charge in [-0.15, -0.1) is 0 Å². The summed E-state index contributed by atoms with van der Waals surface area (Å²) in [6, 6.07) is 10.4. The van der Waals surface area contributed by atoms with Crippen LogP contribution in [0, 0.1) is 5.92 Å². The third-order valence-corrected chi connectivity index (χ3v) is 3.65. The number of unbranched alkanes of at least 4 members (excludes halogenated alkanes) is 1. The molecule has 96 valence electrons. The summed E-state index contributed by atoms with van der Waals surface area (Å²) in [4.78, 5) is 0. The minimum Gasteiger partial charge on any atom is -0.396 e. The van der Waals surface area contributed by atoms with Crippen LogP contribution in [0.15, 0.2) is 30.3 Å². The van der Waals surface area contributed by atoms with Crippen molar-refractivity contribution in [1.29, 1.82) is 0 Å². The number of benzene rings is 1. The van der Waals surface area contributed by atoms with Gasteiger partial charge < -0.3 is 5.11 Å². The Kier molecular flexibility index (Phi) is 6.95. The van der Waals surface area contributed by atoms with Gasteiger partial charge in [0.2, 0.25) is 0 Å². The van der Waals surface area contributed by atoms with Crippen molar-refractivity contribution in [3.8, 4) is 0 Å². The van der Waals surface area contributed by atoms with Crippen molar-refractivity contribution in [2.24, 2.45) is 5.92 Å². The number of aliphatic hydroxyl groups is 1. The summed E-state index contributed by atoms with van der Waals surface area (Å²) >= 11 is 0. The topological polar surface area (TPSA) is 20.2 Å². The molecular weight excluding hydrogens is 208 g/mol. The summed E-state index contributed by atoms with van der Waals surface area (Å²) in [5, 5.41) is 9.55. The highest BCUT2D eigenvalue weighted by Gasteiger charge is 2.15. The lowest BCUT2D eigenvalue weighted by molar-refractivity contribution is 0.237. The Morgan fingerprint density at radius 3 is 2.35 bits per heavy atom. The van der Waals surface area contributed by atoms with Gasteiger partial charge in [0.25, 0.3) is 0 Å². The summed E-state index contributed by atoms with van der Waals surface area (Å²) in [5.74, 6) is 1.07. The van der Waals surface area contributed by atoms with E-state index in [0.29, 0.717) is 5.92 Å². The second-order valence-electron chi connectivity index (χ2n) is 4.94. The van der Waals surface area contributed by atoms with E-state index in [1.807, 2.05) is 6.07 Å². The molecule has 0 saturated carbocycles. The zero-order valence-electron chi connectivity index (χ0n) is 11.2. The molecule has 0 aliphatic rings. The van der Waals surface area contributed by atoms with E-state index >= 15 is 0 Å². The predicted octanol–water partition coefficient (Wildman–Crippen LogP) is 4.37. The molecule has 1 N–H and O–H groups in total. The maximum atomic E-state index is 9.55. The molecule has 2 unspecified atom stereocenters. The molecule has 2 atom stereocenters. The number of hydrogen-bond acceptors (Lipinski definition) is 1. The fourth-order valence-electron chi connectivity index (χ4n) is 2.43. The standard InChI is InChI=1S/C16H26O/c1-3-5-9-14(4-2)12-16(13-17)15-10-7-6-8-11-15/h6-8,10-11,14,16-17H,3-5,9,12-13H2,1-2H3. The van der Waals surface area contributed by atoms with Gasteiger partial charge in [0.1, 0.15) is 0 Å². The van der Waals surface area contributed by atoms with Gasteiger partial charge >= 0.3 is 0 Å². The maximum Gasteiger partial charge on any atom is 0.0499 e. The largest absolute Gasteiger partial charge is 0.396 e. The maximum absolute atomic E-state index is 9.55. The lowest BCUT2D eigenvalue weighted by Gasteiger charge is -2.21. The smallest absolute Gasteiger partial charge is 0.0499 e. The van der Waals surface area contributed by atoms with Crippen molar-refractivity contribution in [2.45, 2.75) is 51.9 Å². The molecule has 0 radical (unpaired) electrons. The van der Waals surface area contributed by atoms with Crippen LogP contribution in [0.2, 0.25) is 0 Å². The number of hydrogen-bond donors (Lipinski definition) is 1. The molecule has 0 bridgehead atoms. The lowest BCUT2D eigenvalue weighted by Crippen LogP contribution is -2.11. The van der Waals surface area contributed by atoms with Crippen molar-refractivity contribution in [2.75, 3.05) is 6.61 Å². The van der Waals surface area contributed by atoms with Gasteiger partial charge in [-0.3, -0.25) is 0 Å². The molecule has 1 aromatic carbocycles. The number of aliphatic hydroxyl groups excluding tert-OH is 1. The van der Waals surface area contributed by atoms with Gasteiger partial charge in [-0.1, -0.05) is 69.9 Å². The molecule has 1 aromatic rings.